The molecule has 1 spiro atoms. The molecular formula is C18H23ClN4O3. The van der Waals surface area contributed by atoms with Gasteiger partial charge in [-0.2, -0.15) is 0 Å². The van der Waals surface area contributed by atoms with E-state index in [4.69, 9.17) is 17.3 Å². The summed E-state index contributed by atoms with van der Waals surface area (Å²) in [6.07, 6.45) is 0.386. The zero-order valence-corrected chi connectivity index (χ0v) is 15.7. The van der Waals surface area contributed by atoms with Crippen LogP contribution in [0.1, 0.15) is 25.8 Å². The number of amides is 4. The number of hydrogen-bond acceptors (Lipinski definition) is 3. The average molecular weight is 379 g/mol. The van der Waals surface area contributed by atoms with Crippen molar-refractivity contribution in [1.82, 2.24) is 14.7 Å². The van der Waals surface area contributed by atoms with Crippen LogP contribution < -0.4 is 5.73 Å². The second-order valence-electron chi connectivity index (χ2n) is 7.17. The first-order chi connectivity index (χ1) is 12.2. The van der Waals surface area contributed by atoms with Gasteiger partial charge in [-0.25, -0.2) is 4.79 Å². The van der Waals surface area contributed by atoms with Crippen LogP contribution in [0.2, 0.25) is 5.02 Å². The number of benzene rings is 1. The Morgan fingerprint density at radius 1 is 1.27 bits per heavy atom. The maximum atomic E-state index is 13.3. The molecule has 7 nitrogen and oxygen atoms in total. The molecule has 2 N–H and O–H groups in total. The predicted octanol–water partition coefficient (Wildman–Crippen LogP) is 1.44. The number of primary amides is 1. The fourth-order valence-electron chi connectivity index (χ4n) is 3.73. The van der Waals surface area contributed by atoms with Gasteiger partial charge in [0.1, 0.15) is 12.1 Å². The second-order valence-corrected chi connectivity index (χ2v) is 7.61. The van der Waals surface area contributed by atoms with Crippen LogP contribution in [-0.2, 0) is 16.1 Å². The van der Waals surface area contributed by atoms with Gasteiger partial charge in [0.05, 0.1) is 6.54 Å². The second kappa shape index (κ2) is 6.79. The minimum Gasteiger partial charge on any atom is -0.351 e. The molecule has 0 bridgehead atoms. The summed E-state index contributed by atoms with van der Waals surface area (Å²) in [5, 5.41) is 0.608. The molecule has 3 rings (SSSR count). The number of nitrogens with zero attached hydrogens (tertiary/aromatic N) is 3. The van der Waals surface area contributed by atoms with E-state index in [2.05, 4.69) is 0 Å². The summed E-state index contributed by atoms with van der Waals surface area (Å²) in [6.45, 7) is 4.59. The number of piperazine rings is 1. The minimum atomic E-state index is -1.06. The number of halogens is 1. The summed E-state index contributed by atoms with van der Waals surface area (Å²) in [4.78, 5) is 42.5. The van der Waals surface area contributed by atoms with Crippen molar-refractivity contribution in [3.8, 4) is 0 Å². The van der Waals surface area contributed by atoms with E-state index in [1.165, 1.54) is 4.90 Å². The van der Waals surface area contributed by atoms with Crippen LogP contribution in [0.4, 0.5) is 4.79 Å². The standard InChI is InChI=1S/C18H23ClN4O3/c1-12(2)22-10-15(24)23(9-13-3-5-14(19)6-4-13)18(16(22)25)7-8-21(11-18)17(20)26/h3-6,12H,7-11H2,1-2H3,(H2,20,26). The van der Waals surface area contributed by atoms with E-state index in [0.29, 0.717) is 24.5 Å². The molecule has 0 radical (unpaired) electrons. The van der Waals surface area contributed by atoms with Crippen LogP contribution in [0.5, 0.6) is 0 Å². The van der Waals surface area contributed by atoms with Crippen molar-refractivity contribution in [2.75, 3.05) is 19.6 Å². The van der Waals surface area contributed by atoms with Crippen molar-refractivity contribution in [2.45, 2.75) is 38.4 Å². The topological polar surface area (TPSA) is 86.9 Å². The molecule has 1 aromatic carbocycles. The Morgan fingerprint density at radius 3 is 2.46 bits per heavy atom. The molecule has 2 saturated heterocycles. The number of likely N-dealkylation sites (tertiary alicyclic amines) is 1. The third kappa shape index (κ3) is 3.11. The number of urea groups is 1. The van der Waals surface area contributed by atoms with Gasteiger partial charge in [0.2, 0.25) is 5.91 Å². The van der Waals surface area contributed by atoms with Crippen molar-refractivity contribution in [3.05, 3.63) is 34.9 Å². The van der Waals surface area contributed by atoms with Crippen LogP contribution in [0.3, 0.4) is 0 Å². The van der Waals surface area contributed by atoms with Crippen molar-refractivity contribution in [2.24, 2.45) is 5.73 Å². The van der Waals surface area contributed by atoms with E-state index < -0.39 is 11.6 Å². The Bertz CT molecular complexity index is 736. The van der Waals surface area contributed by atoms with Gasteiger partial charge in [0.15, 0.2) is 0 Å². The molecule has 1 atom stereocenters. The van der Waals surface area contributed by atoms with Crippen LogP contribution in [0, 0.1) is 0 Å². The van der Waals surface area contributed by atoms with Crippen LogP contribution in [-0.4, -0.2) is 63.8 Å². The molecule has 2 aliphatic heterocycles. The lowest BCUT2D eigenvalue weighted by Gasteiger charge is -2.48. The highest BCUT2D eigenvalue weighted by Gasteiger charge is 2.56. The monoisotopic (exact) mass is 378 g/mol. The zero-order valence-electron chi connectivity index (χ0n) is 14.9. The quantitative estimate of drug-likeness (QED) is 0.863. The third-order valence-corrected chi connectivity index (χ3v) is 5.47. The largest absolute Gasteiger partial charge is 0.351 e. The van der Waals surface area contributed by atoms with E-state index >= 15 is 0 Å². The highest BCUT2D eigenvalue weighted by molar-refractivity contribution is 6.30. The van der Waals surface area contributed by atoms with Crippen molar-refractivity contribution < 1.29 is 14.4 Å². The molecule has 1 aromatic rings. The van der Waals surface area contributed by atoms with E-state index in [1.807, 2.05) is 26.0 Å². The SMILES string of the molecule is CC(C)N1CC(=O)N(Cc2ccc(Cl)cc2)C2(CCN(C(N)=O)C2)C1=O. The van der Waals surface area contributed by atoms with Gasteiger partial charge < -0.3 is 20.4 Å². The molecule has 0 saturated carbocycles. The van der Waals surface area contributed by atoms with Crippen LogP contribution in [0.15, 0.2) is 24.3 Å². The zero-order chi connectivity index (χ0) is 19.1. The Balaban J connectivity index is 1.97. The normalized spacial score (nSPS) is 23.5. The maximum absolute atomic E-state index is 13.3. The smallest absolute Gasteiger partial charge is 0.314 e. The fourth-order valence-corrected chi connectivity index (χ4v) is 3.86. The van der Waals surface area contributed by atoms with Gasteiger partial charge >= 0.3 is 6.03 Å². The van der Waals surface area contributed by atoms with Gasteiger partial charge in [0, 0.05) is 24.2 Å². The van der Waals surface area contributed by atoms with E-state index in [1.54, 1.807) is 21.9 Å². The first-order valence-corrected chi connectivity index (χ1v) is 9.03. The highest BCUT2D eigenvalue weighted by atomic mass is 35.5. The van der Waals surface area contributed by atoms with Gasteiger partial charge in [-0.1, -0.05) is 23.7 Å². The number of hydrogen-bond donors (Lipinski definition) is 1. The first-order valence-electron chi connectivity index (χ1n) is 8.65. The van der Waals surface area contributed by atoms with Crippen molar-refractivity contribution in [3.63, 3.8) is 0 Å². The lowest BCUT2D eigenvalue weighted by molar-refractivity contribution is -0.166. The molecule has 2 heterocycles. The van der Waals surface area contributed by atoms with E-state index in [9.17, 15) is 14.4 Å². The van der Waals surface area contributed by atoms with Gasteiger partial charge in [-0.3, -0.25) is 9.59 Å². The number of carbonyl (C=O) groups is 3. The molecule has 0 aromatic heterocycles. The molecule has 2 aliphatic rings. The lowest BCUT2D eigenvalue weighted by Crippen LogP contribution is -2.69. The van der Waals surface area contributed by atoms with Crippen LogP contribution in [0.25, 0.3) is 0 Å². The Kier molecular flexibility index (Phi) is 4.84. The number of rotatable bonds is 3. The summed E-state index contributed by atoms with van der Waals surface area (Å²) < 4.78 is 0. The van der Waals surface area contributed by atoms with Gasteiger partial charge in [-0.15, -0.1) is 0 Å². The van der Waals surface area contributed by atoms with Crippen molar-refractivity contribution >= 4 is 29.4 Å². The summed E-state index contributed by atoms with van der Waals surface area (Å²) in [6, 6.07) is 6.51. The molecule has 0 aliphatic carbocycles. The van der Waals surface area contributed by atoms with Gasteiger partial charge in [0.25, 0.3) is 5.91 Å². The Hall–Kier alpha value is -2.28. The first kappa shape index (κ1) is 18.5. The summed E-state index contributed by atoms with van der Waals surface area (Å²) in [5.41, 5.74) is 5.24. The summed E-state index contributed by atoms with van der Waals surface area (Å²) >= 11 is 5.94. The molecule has 2 fully saturated rings. The maximum Gasteiger partial charge on any atom is 0.314 e. The van der Waals surface area contributed by atoms with E-state index in [-0.39, 0.29) is 30.9 Å². The van der Waals surface area contributed by atoms with E-state index in [0.717, 1.165) is 5.56 Å². The Morgan fingerprint density at radius 2 is 1.92 bits per heavy atom. The predicted molar refractivity (Wildman–Crippen MR) is 97.4 cm³/mol. The number of carbonyl (C=O) groups excluding carboxylic acids is 3. The third-order valence-electron chi connectivity index (χ3n) is 5.22. The summed E-state index contributed by atoms with van der Waals surface area (Å²) in [5.74, 6) is -0.246. The summed E-state index contributed by atoms with van der Waals surface area (Å²) in [7, 11) is 0. The van der Waals surface area contributed by atoms with Crippen LogP contribution >= 0.6 is 11.6 Å². The molecular weight excluding hydrogens is 356 g/mol. The van der Waals surface area contributed by atoms with Crippen molar-refractivity contribution in [1.29, 1.82) is 0 Å². The molecule has 8 heteroatoms. The molecule has 140 valence electrons. The molecule has 1 unspecified atom stereocenters. The fraction of sp³-hybridized carbons (Fsp3) is 0.500. The number of nitrogens with two attached hydrogens (primary N) is 1. The highest BCUT2D eigenvalue weighted by Crippen LogP contribution is 2.35. The molecule has 26 heavy (non-hydrogen) atoms. The minimum absolute atomic E-state index is 0.0441. The molecule has 4 amide bonds. The Labute approximate surface area is 157 Å². The average Bonchev–Trinajstić information content (AvgIpc) is 3.03. The van der Waals surface area contributed by atoms with Gasteiger partial charge in [-0.05, 0) is 38.0 Å². The lowest BCUT2D eigenvalue weighted by atomic mass is 9.89.